The van der Waals surface area contributed by atoms with Crippen molar-refractivity contribution >= 4 is 22.2 Å². The van der Waals surface area contributed by atoms with Crippen molar-refractivity contribution in [2.24, 2.45) is 0 Å². The lowest BCUT2D eigenvalue weighted by Crippen LogP contribution is -1.99. The molecule has 78 valence electrons. The molecule has 0 aromatic rings. The van der Waals surface area contributed by atoms with Gasteiger partial charge in [-0.1, -0.05) is 53.2 Å². The van der Waals surface area contributed by atoms with Gasteiger partial charge < -0.3 is 4.79 Å². The van der Waals surface area contributed by atoms with Crippen LogP contribution in [-0.4, -0.2) is 11.1 Å². The SMILES string of the molecule is C\C=C/C=C(\C=C/CC)CC(Br)C=O. The van der Waals surface area contributed by atoms with Crippen molar-refractivity contribution in [1.29, 1.82) is 0 Å². The predicted molar refractivity (Wildman–Crippen MR) is 65.7 cm³/mol. The van der Waals surface area contributed by atoms with Gasteiger partial charge in [0.25, 0.3) is 0 Å². The van der Waals surface area contributed by atoms with Crippen LogP contribution in [0.2, 0.25) is 0 Å². The molecule has 0 N–H and O–H groups in total. The fraction of sp³-hybridized carbons (Fsp3) is 0.417. The van der Waals surface area contributed by atoms with Crippen molar-refractivity contribution in [3.05, 3.63) is 36.0 Å². The van der Waals surface area contributed by atoms with Crippen molar-refractivity contribution in [1.82, 2.24) is 0 Å². The molecule has 0 spiro atoms. The molecule has 0 fully saturated rings. The molecule has 0 saturated heterocycles. The summed E-state index contributed by atoms with van der Waals surface area (Å²) >= 11 is 3.29. The van der Waals surface area contributed by atoms with E-state index in [1.165, 1.54) is 5.57 Å². The maximum atomic E-state index is 10.5. The van der Waals surface area contributed by atoms with Gasteiger partial charge in [0.1, 0.15) is 6.29 Å². The van der Waals surface area contributed by atoms with Gasteiger partial charge >= 0.3 is 0 Å². The number of carbonyl (C=O) groups is 1. The van der Waals surface area contributed by atoms with Crippen molar-refractivity contribution in [3.8, 4) is 0 Å². The number of hydrogen-bond acceptors (Lipinski definition) is 1. The van der Waals surface area contributed by atoms with Gasteiger partial charge in [-0.25, -0.2) is 0 Å². The molecule has 2 heteroatoms. The molecule has 0 aliphatic carbocycles. The number of hydrogen-bond donors (Lipinski definition) is 0. The van der Waals surface area contributed by atoms with Crippen LogP contribution in [0, 0.1) is 0 Å². The summed E-state index contributed by atoms with van der Waals surface area (Å²) in [5.74, 6) is 0. The highest BCUT2D eigenvalue weighted by atomic mass is 79.9. The second-order valence-electron chi connectivity index (χ2n) is 2.93. The first-order chi connectivity index (χ1) is 6.74. The van der Waals surface area contributed by atoms with Crippen LogP contribution in [0.3, 0.4) is 0 Å². The normalized spacial score (nSPS) is 15.2. The van der Waals surface area contributed by atoms with Gasteiger partial charge in [-0.05, 0) is 25.3 Å². The van der Waals surface area contributed by atoms with E-state index < -0.39 is 0 Å². The molecule has 1 unspecified atom stereocenters. The maximum absolute atomic E-state index is 10.5. The van der Waals surface area contributed by atoms with Gasteiger partial charge in [0.15, 0.2) is 0 Å². The maximum Gasteiger partial charge on any atom is 0.133 e. The monoisotopic (exact) mass is 256 g/mol. The molecule has 0 aliphatic rings. The van der Waals surface area contributed by atoms with Crippen LogP contribution in [0.15, 0.2) is 36.0 Å². The second kappa shape index (κ2) is 8.95. The van der Waals surface area contributed by atoms with E-state index in [1.54, 1.807) is 0 Å². The molecule has 0 saturated carbocycles. The van der Waals surface area contributed by atoms with E-state index in [0.717, 1.165) is 19.1 Å². The summed E-state index contributed by atoms with van der Waals surface area (Å²) in [7, 11) is 0. The van der Waals surface area contributed by atoms with E-state index in [0.29, 0.717) is 0 Å². The first kappa shape index (κ1) is 13.4. The van der Waals surface area contributed by atoms with Crippen LogP contribution in [0.5, 0.6) is 0 Å². The van der Waals surface area contributed by atoms with Crippen molar-refractivity contribution in [2.75, 3.05) is 0 Å². The third kappa shape index (κ3) is 6.84. The van der Waals surface area contributed by atoms with E-state index >= 15 is 0 Å². The van der Waals surface area contributed by atoms with Crippen LogP contribution in [0.4, 0.5) is 0 Å². The fourth-order valence-electron chi connectivity index (χ4n) is 0.954. The van der Waals surface area contributed by atoms with Gasteiger partial charge in [0.2, 0.25) is 0 Å². The Hall–Kier alpha value is -0.630. The second-order valence-corrected chi connectivity index (χ2v) is 4.11. The van der Waals surface area contributed by atoms with Crippen LogP contribution in [0.25, 0.3) is 0 Å². The molecule has 0 rings (SSSR count). The van der Waals surface area contributed by atoms with Crippen molar-refractivity contribution in [2.45, 2.75) is 31.5 Å². The lowest BCUT2D eigenvalue weighted by molar-refractivity contribution is -0.107. The third-order valence-electron chi connectivity index (χ3n) is 1.65. The number of carbonyl (C=O) groups excluding carboxylic acids is 1. The molecular weight excluding hydrogens is 240 g/mol. The zero-order chi connectivity index (χ0) is 10.8. The van der Waals surface area contributed by atoms with Crippen molar-refractivity contribution < 1.29 is 4.79 Å². The van der Waals surface area contributed by atoms with Gasteiger partial charge in [0, 0.05) is 0 Å². The molecule has 0 aliphatic heterocycles. The van der Waals surface area contributed by atoms with E-state index in [9.17, 15) is 4.79 Å². The van der Waals surface area contributed by atoms with Gasteiger partial charge in [-0.2, -0.15) is 0 Å². The molecule has 0 amide bonds. The summed E-state index contributed by atoms with van der Waals surface area (Å²) in [6.45, 7) is 4.07. The minimum atomic E-state index is -0.0829. The summed E-state index contributed by atoms with van der Waals surface area (Å²) in [6, 6.07) is 0. The largest absolute Gasteiger partial charge is 0.302 e. The summed E-state index contributed by atoms with van der Waals surface area (Å²) in [4.78, 5) is 10.4. The summed E-state index contributed by atoms with van der Waals surface area (Å²) in [5, 5.41) is 0. The molecule has 0 aromatic carbocycles. The average molecular weight is 257 g/mol. The summed E-state index contributed by atoms with van der Waals surface area (Å²) < 4.78 is 0. The van der Waals surface area contributed by atoms with E-state index in [2.05, 4.69) is 35.0 Å². The van der Waals surface area contributed by atoms with Gasteiger partial charge in [0.05, 0.1) is 4.83 Å². The molecule has 1 atom stereocenters. The number of rotatable bonds is 6. The van der Waals surface area contributed by atoms with E-state index in [-0.39, 0.29) is 4.83 Å². The van der Waals surface area contributed by atoms with Gasteiger partial charge in [-0.3, -0.25) is 0 Å². The standard InChI is InChI=1S/C12H17BrO/c1-3-5-7-11(8-6-4-2)9-12(13)10-14/h3,5-8,10,12H,4,9H2,1-2H3/b5-3-,8-6-,11-7+. The minimum Gasteiger partial charge on any atom is -0.302 e. The Morgan fingerprint density at radius 1 is 1.50 bits per heavy atom. The van der Waals surface area contributed by atoms with Crippen LogP contribution < -0.4 is 0 Å². The Balaban J connectivity index is 4.39. The highest BCUT2D eigenvalue weighted by Gasteiger charge is 2.02. The minimum absolute atomic E-state index is 0.0829. The Morgan fingerprint density at radius 2 is 2.21 bits per heavy atom. The molecule has 14 heavy (non-hydrogen) atoms. The van der Waals surface area contributed by atoms with Crippen molar-refractivity contribution in [3.63, 3.8) is 0 Å². The van der Waals surface area contributed by atoms with Crippen LogP contribution in [-0.2, 0) is 4.79 Å². The molecule has 0 radical (unpaired) electrons. The third-order valence-corrected chi connectivity index (χ3v) is 2.19. The number of aldehydes is 1. The predicted octanol–water partition coefficient (Wildman–Crippen LogP) is 3.81. The van der Waals surface area contributed by atoms with Crippen LogP contribution >= 0.6 is 15.9 Å². The number of halogens is 1. The highest BCUT2D eigenvalue weighted by Crippen LogP contribution is 2.12. The first-order valence-corrected chi connectivity index (χ1v) is 5.73. The Morgan fingerprint density at radius 3 is 2.71 bits per heavy atom. The topological polar surface area (TPSA) is 17.1 Å². The summed E-state index contributed by atoms with van der Waals surface area (Å²) in [5.41, 5.74) is 1.17. The molecular formula is C12H17BrO. The van der Waals surface area contributed by atoms with Gasteiger partial charge in [-0.15, -0.1) is 0 Å². The zero-order valence-corrected chi connectivity index (χ0v) is 10.3. The van der Waals surface area contributed by atoms with Crippen LogP contribution in [0.1, 0.15) is 26.7 Å². The lowest BCUT2D eigenvalue weighted by Gasteiger charge is -2.02. The smallest absolute Gasteiger partial charge is 0.133 e. The zero-order valence-electron chi connectivity index (χ0n) is 8.74. The quantitative estimate of drug-likeness (QED) is 0.401. The lowest BCUT2D eigenvalue weighted by atomic mass is 10.1. The Labute approximate surface area is 94.7 Å². The average Bonchev–Trinajstić information content (AvgIpc) is 2.21. The van der Waals surface area contributed by atoms with E-state index in [1.807, 2.05) is 25.2 Å². The first-order valence-electron chi connectivity index (χ1n) is 4.82. The Bertz CT molecular complexity index is 239. The highest BCUT2D eigenvalue weighted by molar-refractivity contribution is 9.09. The fourth-order valence-corrected chi connectivity index (χ4v) is 1.33. The number of alkyl halides is 1. The summed E-state index contributed by atoms with van der Waals surface area (Å²) in [6.07, 6.45) is 12.8. The van der Waals surface area contributed by atoms with E-state index in [4.69, 9.17) is 0 Å². The molecule has 0 aromatic heterocycles. The molecule has 1 nitrogen and oxygen atoms in total. The number of allylic oxidation sites excluding steroid dienone is 6. The molecule has 0 heterocycles. The molecule has 0 bridgehead atoms. The Kier molecular flexibility index (Phi) is 8.54.